The van der Waals surface area contributed by atoms with Crippen LogP contribution in [0, 0.1) is 6.92 Å². The Balaban J connectivity index is 1.46. The predicted octanol–water partition coefficient (Wildman–Crippen LogP) is 4.65. The van der Waals surface area contributed by atoms with Gasteiger partial charge < -0.3 is 14.8 Å². The number of hydrogen-bond donors (Lipinski definition) is 2. The Hall–Kier alpha value is -4.98. The molecule has 0 aliphatic carbocycles. The minimum atomic E-state index is -0.541. The van der Waals surface area contributed by atoms with Crippen LogP contribution < -0.4 is 20.2 Å². The van der Waals surface area contributed by atoms with Gasteiger partial charge in [0.25, 0.3) is 11.8 Å². The van der Waals surface area contributed by atoms with Crippen molar-refractivity contribution in [2.24, 2.45) is 5.10 Å². The molecule has 8 nitrogen and oxygen atoms in total. The van der Waals surface area contributed by atoms with Gasteiger partial charge in [-0.05, 0) is 66.6 Å². The van der Waals surface area contributed by atoms with Gasteiger partial charge in [0.05, 0.1) is 24.9 Å². The third kappa shape index (κ3) is 6.41. The molecule has 4 rings (SSSR count). The van der Waals surface area contributed by atoms with Crippen LogP contribution in [0.15, 0.2) is 90.0 Å². The lowest BCUT2D eigenvalue weighted by Gasteiger charge is -2.11. The molecule has 0 spiro atoms. The van der Waals surface area contributed by atoms with Crippen LogP contribution in [0.25, 0.3) is 10.8 Å². The molecule has 0 aliphatic heterocycles. The SMILES string of the molecule is CCOc1ccc(C(=O)Oc2ccc3ccccc3c2C=NNC(=O)CNC(=O)c2ccccc2C)cc1. The van der Waals surface area contributed by atoms with Crippen molar-refractivity contribution >= 4 is 34.8 Å². The standard InChI is InChI=1S/C30H27N3O5/c1-3-37-23-15-12-22(13-16-23)30(36)38-27-17-14-21-9-5-7-11-25(21)26(27)18-32-33-28(34)19-31-29(35)24-10-6-4-8-20(24)2/h4-18H,3,19H2,1-2H3,(H,31,35)(H,33,34). The zero-order valence-corrected chi connectivity index (χ0v) is 21.1. The Morgan fingerprint density at radius 3 is 2.39 bits per heavy atom. The Morgan fingerprint density at radius 1 is 0.895 bits per heavy atom. The van der Waals surface area contributed by atoms with Crippen LogP contribution in [0.4, 0.5) is 0 Å². The van der Waals surface area contributed by atoms with Crippen molar-refractivity contribution in [1.82, 2.24) is 10.7 Å². The molecule has 0 bridgehead atoms. The Morgan fingerprint density at radius 2 is 1.63 bits per heavy atom. The lowest BCUT2D eigenvalue weighted by atomic mass is 10.0. The maximum Gasteiger partial charge on any atom is 0.343 e. The molecular weight excluding hydrogens is 482 g/mol. The summed E-state index contributed by atoms with van der Waals surface area (Å²) in [5, 5.41) is 8.33. The van der Waals surface area contributed by atoms with Crippen LogP contribution in [0.5, 0.6) is 11.5 Å². The number of fused-ring (bicyclic) bond motifs is 1. The normalized spacial score (nSPS) is 10.8. The Labute approximate surface area is 220 Å². The number of carbonyl (C=O) groups is 3. The fourth-order valence-corrected chi connectivity index (χ4v) is 3.80. The number of aryl methyl sites for hydroxylation is 1. The van der Waals surface area contributed by atoms with Crippen molar-refractivity contribution in [3.63, 3.8) is 0 Å². The number of nitrogens with one attached hydrogen (secondary N) is 2. The molecule has 0 aliphatic rings. The van der Waals surface area contributed by atoms with E-state index in [9.17, 15) is 14.4 Å². The number of esters is 1. The highest BCUT2D eigenvalue weighted by Gasteiger charge is 2.14. The lowest BCUT2D eigenvalue weighted by molar-refractivity contribution is -0.120. The smallest absolute Gasteiger partial charge is 0.343 e. The second-order valence-electron chi connectivity index (χ2n) is 8.34. The van der Waals surface area contributed by atoms with Gasteiger partial charge in [0.15, 0.2) is 0 Å². The van der Waals surface area contributed by atoms with E-state index >= 15 is 0 Å². The molecule has 0 atom stereocenters. The Bertz CT molecular complexity index is 1500. The average Bonchev–Trinajstić information content (AvgIpc) is 2.93. The molecule has 4 aromatic carbocycles. The summed E-state index contributed by atoms with van der Waals surface area (Å²) in [4.78, 5) is 37.5. The van der Waals surface area contributed by atoms with Crippen LogP contribution in [-0.2, 0) is 4.79 Å². The van der Waals surface area contributed by atoms with E-state index in [1.165, 1.54) is 6.21 Å². The highest BCUT2D eigenvalue weighted by molar-refractivity contribution is 6.04. The van der Waals surface area contributed by atoms with Gasteiger partial charge in [-0.1, -0.05) is 48.5 Å². The van der Waals surface area contributed by atoms with Gasteiger partial charge in [0, 0.05) is 11.1 Å². The quantitative estimate of drug-likeness (QED) is 0.148. The topological polar surface area (TPSA) is 106 Å². The van der Waals surface area contributed by atoms with E-state index in [2.05, 4.69) is 15.8 Å². The monoisotopic (exact) mass is 509 g/mol. The van der Waals surface area contributed by atoms with Gasteiger partial charge in [-0.25, -0.2) is 10.2 Å². The maximum atomic E-state index is 12.8. The van der Waals surface area contributed by atoms with Gasteiger partial charge in [-0.3, -0.25) is 9.59 Å². The van der Waals surface area contributed by atoms with Gasteiger partial charge in [0.1, 0.15) is 11.5 Å². The van der Waals surface area contributed by atoms with Gasteiger partial charge in [-0.15, -0.1) is 0 Å². The summed E-state index contributed by atoms with van der Waals surface area (Å²) in [6, 6.07) is 24.9. The van der Waals surface area contributed by atoms with Crippen molar-refractivity contribution in [2.75, 3.05) is 13.2 Å². The zero-order chi connectivity index (χ0) is 26.9. The molecule has 0 saturated heterocycles. The molecular formula is C30H27N3O5. The summed E-state index contributed by atoms with van der Waals surface area (Å²) >= 11 is 0. The number of rotatable bonds is 9. The summed E-state index contributed by atoms with van der Waals surface area (Å²) < 4.78 is 11.1. The summed E-state index contributed by atoms with van der Waals surface area (Å²) in [5.41, 5.74) is 4.60. The van der Waals surface area contributed by atoms with Gasteiger partial charge >= 0.3 is 5.97 Å². The predicted molar refractivity (Wildman–Crippen MR) is 146 cm³/mol. The number of nitrogens with zero attached hydrogens (tertiary/aromatic N) is 1. The fourth-order valence-electron chi connectivity index (χ4n) is 3.80. The van der Waals surface area contributed by atoms with Gasteiger partial charge in [0.2, 0.25) is 0 Å². The summed E-state index contributed by atoms with van der Waals surface area (Å²) in [6.07, 6.45) is 1.42. The maximum absolute atomic E-state index is 12.8. The molecule has 0 aromatic heterocycles. The van der Waals surface area contributed by atoms with Crippen molar-refractivity contribution < 1.29 is 23.9 Å². The molecule has 8 heteroatoms. The van der Waals surface area contributed by atoms with Crippen molar-refractivity contribution in [3.05, 3.63) is 107 Å². The first-order valence-corrected chi connectivity index (χ1v) is 12.1. The molecule has 4 aromatic rings. The van der Waals surface area contributed by atoms with Crippen molar-refractivity contribution in [2.45, 2.75) is 13.8 Å². The highest BCUT2D eigenvalue weighted by atomic mass is 16.5. The molecule has 0 saturated carbocycles. The minimum absolute atomic E-state index is 0.250. The van der Waals surface area contributed by atoms with Crippen LogP contribution in [0.2, 0.25) is 0 Å². The Kier molecular flexibility index (Phi) is 8.46. The zero-order valence-electron chi connectivity index (χ0n) is 21.1. The molecule has 0 unspecified atom stereocenters. The molecule has 0 heterocycles. The first-order chi connectivity index (χ1) is 18.5. The molecule has 2 amide bonds. The molecule has 192 valence electrons. The second-order valence-corrected chi connectivity index (χ2v) is 8.34. The third-order valence-corrected chi connectivity index (χ3v) is 5.72. The number of carbonyl (C=O) groups excluding carboxylic acids is 3. The summed E-state index contributed by atoms with van der Waals surface area (Å²) in [5.74, 6) is -0.445. The van der Waals surface area contributed by atoms with Gasteiger partial charge in [-0.2, -0.15) is 5.10 Å². The highest BCUT2D eigenvalue weighted by Crippen LogP contribution is 2.27. The van der Waals surface area contributed by atoms with E-state index in [1.54, 1.807) is 42.5 Å². The van der Waals surface area contributed by atoms with Crippen LogP contribution in [0.1, 0.15) is 38.8 Å². The number of amides is 2. The molecule has 0 radical (unpaired) electrons. The van der Waals surface area contributed by atoms with Crippen molar-refractivity contribution in [1.29, 1.82) is 0 Å². The van der Waals surface area contributed by atoms with Crippen LogP contribution in [0.3, 0.4) is 0 Å². The number of hydrazone groups is 1. The average molecular weight is 510 g/mol. The van der Waals surface area contributed by atoms with Crippen LogP contribution in [-0.4, -0.2) is 37.1 Å². The minimum Gasteiger partial charge on any atom is -0.494 e. The molecule has 0 fully saturated rings. The van der Waals surface area contributed by atoms with E-state index in [4.69, 9.17) is 9.47 Å². The third-order valence-electron chi connectivity index (χ3n) is 5.72. The van der Waals surface area contributed by atoms with E-state index in [0.717, 1.165) is 16.3 Å². The first kappa shape index (κ1) is 26.1. The molecule has 2 N–H and O–H groups in total. The van der Waals surface area contributed by atoms with Crippen LogP contribution >= 0.6 is 0 Å². The van der Waals surface area contributed by atoms with E-state index < -0.39 is 11.9 Å². The fraction of sp³-hybridized carbons (Fsp3) is 0.133. The number of ether oxygens (including phenoxy) is 2. The van der Waals surface area contributed by atoms with E-state index in [-0.39, 0.29) is 18.2 Å². The summed E-state index contributed by atoms with van der Waals surface area (Å²) in [7, 11) is 0. The lowest BCUT2D eigenvalue weighted by Crippen LogP contribution is -2.35. The summed E-state index contributed by atoms with van der Waals surface area (Å²) in [6.45, 7) is 3.98. The van der Waals surface area contributed by atoms with E-state index in [0.29, 0.717) is 29.0 Å². The number of benzene rings is 4. The largest absolute Gasteiger partial charge is 0.494 e. The van der Waals surface area contributed by atoms with Crippen molar-refractivity contribution in [3.8, 4) is 11.5 Å². The second kappa shape index (κ2) is 12.3. The first-order valence-electron chi connectivity index (χ1n) is 12.1. The molecule has 38 heavy (non-hydrogen) atoms. The number of hydrogen-bond acceptors (Lipinski definition) is 6. The van der Waals surface area contributed by atoms with E-state index in [1.807, 2.05) is 56.3 Å².